The fraction of sp³-hybridized carbons (Fsp3) is 0.312. The van der Waals surface area contributed by atoms with Crippen LogP contribution in [0.1, 0.15) is 12.0 Å². The quantitative estimate of drug-likeness (QED) is 0.712. The Morgan fingerprint density at radius 2 is 1.93 bits per heavy atom. The molecule has 1 atom stereocenters. The Morgan fingerprint density at radius 3 is 2.63 bits per heavy atom. The highest BCUT2D eigenvalue weighted by Gasteiger charge is 2.36. The first-order chi connectivity index (χ1) is 12.6. The standard InChI is InChI=1S/C16H13Cl2F3N2O3S/c17-11-1-2-13(18)14(8-11)27(24,25)23-6-4-12(9-23)26-15-7-10(3-5-22-15)16(19,20)21/h1-3,5,7-8,12H,4,6,9H2/t12-/m0/s1. The molecule has 0 radical (unpaired) electrons. The van der Waals surface area contributed by atoms with Crippen molar-refractivity contribution in [2.24, 2.45) is 0 Å². The lowest BCUT2D eigenvalue weighted by Crippen LogP contribution is -2.31. The fourth-order valence-electron chi connectivity index (χ4n) is 2.65. The molecule has 1 aromatic heterocycles. The number of nitrogens with zero attached hydrogens (tertiary/aromatic N) is 2. The van der Waals surface area contributed by atoms with Gasteiger partial charge in [-0.05, 0) is 30.7 Å². The first kappa shape index (κ1) is 20.2. The molecule has 27 heavy (non-hydrogen) atoms. The Labute approximate surface area is 163 Å². The van der Waals surface area contributed by atoms with E-state index in [-0.39, 0.29) is 33.9 Å². The van der Waals surface area contributed by atoms with Crippen LogP contribution in [0.3, 0.4) is 0 Å². The van der Waals surface area contributed by atoms with Gasteiger partial charge in [-0.15, -0.1) is 0 Å². The van der Waals surface area contributed by atoms with Gasteiger partial charge in [-0.2, -0.15) is 17.5 Å². The minimum absolute atomic E-state index is 0.0308. The number of hydrogen-bond donors (Lipinski definition) is 0. The third-order valence-electron chi connectivity index (χ3n) is 3.97. The molecule has 5 nitrogen and oxygen atoms in total. The van der Waals surface area contributed by atoms with Crippen molar-refractivity contribution in [3.63, 3.8) is 0 Å². The first-order valence-electron chi connectivity index (χ1n) is 7.72. The fourth-order valence-corrected chi connectivity index (χ4v) is 4.87. The van der Waals surface area contributed by atoms with Crippen LogP contribution in [-0.2, 0) is 16.2 Å². The molecule has 0 bridgehead atoms. The SMILES string of the molecule is O=S(=O)(c1cc(Cl)ccc1Cl)N1CC[C@H](Oc2cc(C(F)(F)F)ccn2)C1. The molecule has 2 heterocycles. The van der Waals surface area contributed by atoms with Crippen molar-refractivity contribution in [2.75, 3.05) is 13.1 Å². The van der Waals surface area contributed by atoms with Crippen LogP contribution in [0.4, 0.5) is 13.2 Å². The highest BCUT2D eigenvalue weighted by molar-refractivity contribution is 7.89. The van der Waals surface area contributed by atoms with Gasteiger partial charge in [0, 0.05) is 23.8 Å². The monoisotopic (exact) mass is 440 g/mol. The minimum atomic E-state index is -4.52. The zero-order valence-electron chi connectivity index (χ0n) is 13.6. The first-order valence-corrected chi connectivity index (χ1v) is 9.92. The molecule has 146 valence electrons. The van der Waals surface area contributed by atoms with Crippen molar-refractivity contribution in [1.29, 1.82) is 0 Å². The van der Waals surface area contributed by atoms with Gasteiger partial charge in [-0.1, -0.05) is 23.2 Å². The minimum Gasteiger partial charge on any atom is -0.473 e. The molecule has 1 aliphatic rings. The maximum absolute atomic E-state index is 12.8. The molecular formula is C16H13Cl2F3N2O3S. The lowest BCUT2D eigenvalue weighted by Gasteiger charge is -2.18. The molecule has 2 aromatic rings. The van der Waals surface area contributed by atoms with Crippen LogP contribution in [0, 0.1) is 0 Å². The van der Waals surface area contributed by atoms with Crippen molar-refractivity contribution >= 4 is 33.2 Å². The molecule has 0 unspecified atom stereocenters. The largest absolute Gasteiger partial charge is 0.473 e. The number of alkyl halides is 3. The lowest BCUT2D eigenvalue weighted by atomic mass is 10.2. The summed E-state index contributed by atoms with van der Waals surface area (Å²) in [4.78, 5) is 3.63. The number of benzene rings is 1. The van der Waals surface area contributed by atoms with Crippen LogP contribution in [0.25, 0.3) is 0 Å². The molecule has 1 aromatic carbocycles. The van der Waals surface area contributed by atoms with Crippen molar-refractivity contribution in [3.8, 4) is 5.88 Å². The summed E-state index contributed by atoms with van der Waals surface area (Å²) in [5.74, 6) is -0.213. The molecule has 3 rings (SSSR count). The van der Waals surface area contributed by atoms with Crippen molar-refractivity contribution in [2.45, 2.75) is 23.6 Å². The summed E-state index contributed by atoms with van der Waals surface area (Å²) >= 11 is 11.8. The van der Waals surface area contributed by atoms with E-state index in [1.54, 1.807) is 0 Å². The van der Waals surface area contributed by atoms with E-state index < -0.39 is 27.9 Å². The van der Waals surface area contributed by atoms with Crippen LogP contribution in [0.2, 0.25) is 10.0 Å². The molecule has 1 saturated heterocycles. The Kier molecular flexibility index (Phi) is 5.58. The number of aromatic nitrogens is 1. The third-order valence-corrected chi connectivity index (χ3v) is 6.55. The van der Waals surface area contributed by atoms with Crippen LogP contribution in [0.5, 0.6) is 5.88 Å². The second kappa shape index (κ2) is 7.46. The zero-order valence-corrected chi connectivity index (χ0v) is 15.9. The highest BCUT2D eigenvalue weighted by atomic mass is 35.5. The zero-order chi connectivity index (χ0) is 19.8. The summed E-state index contributed by atoms with van der Waals surface area (Å²) < 4.78 is 70.4. The van der Waals surface area contributed by atoms with Crippen LogP contribution < -0.4 is 4.74 Å². The third kappa shape index (κ3) is 4.48. The van der Waals surface area contributed by atoms with Gasteiger partial charge in [0.15, 0.2) is 0 Å². The molecule has 11 heteroatoms. The van der Waals surface area contributed by atoms with Gasteiger partial charge in [0.1, 0.15) is 11.0 Å². The van der Waals surface area contributed by atoms with Gasteiger partial charge in [-0.25, -0.2) is 13.4 Å². The van der Waals surface area contributed by atoms with Gasteiger partial charge in [0.2, 0.25) is 15.9 Å². The summed E-state index contributed by atoms with van der Waals surface area (Å²) in [5, 5.41) is 0.251. The Morgan fingerprint density at radius 1 is 1.19 bits per heavy atom. The Hall–Kier alpha value is -1.55. The summed E-state index contributed by atoms with van der Waals surface area (Å²) in [5.41, 5.74) is -0.888. The van der Waals surface area contributed by atoms with E-state index in [0.717, 1.165) is 22.6 Å². The molecule has 0 amide bonds. The van der Waals surface area contributed by atoms with Crippen LogP contribution >= 0.6 is 23.2 Å². The van der Waals surface area contributed by atoms with Crippen LogP contribution in [-0.4, -0.2) is 36.9 Å². The lowest BCUT2D eigenvalue weighted by molar-refractivity contribution is -0.137. The predicted molar refractivity (Wildman–Crippen MR) is 93.5 cm³/mol. The normalized spacial score (nSPS) is 18.6. The average molecular weight is 441 g/mol. The number of sulfonamides is 1. The van der Waals surface area contributed by atoms with Gasteiger partial charge in [0.05, 0.1) is 17.1 Å². The maximum Gasteiger partial charge on any atom is 0.416 e. The number of rotatable bonds is 4. The van der Waals surface area contributed by atoms with Gasteiger partial charge in [-0.3, -0.25) is 0 Å². The molecule has 0 spiro atoms. The van der Waals surface area contributed by atoms with E-state index in [1.807, 2.05) is 0 Å². The van der Waals surface area contributed by atoms with Gasteiger partial charge >= 0.3 is 6.18 Å². The average Bonchev–Trinajstić information content (AvgIpc) is 3.06. The molecule has 0 N–H and O–H groups in total. The second-order valence-corrected chi connectivity index (χ2v) is 8.60. The molecule has 1 fully saturated rings. The number of hydrogen-bond acceptors (Lipinski definition) is 4. The van der Waals surface area contributed by atoms with E-state index in [2.05, 4.69) is 4.98 Å². The molecule has 1 aliphatic heterocycles. The summed E-state index contributed by atoms with van der Waals surface area (Å²) in [6, 6.07) is 5.72. The van der Waals surface area contributed by atoms with E-state index in [0.29, 0.717) is 6.42 Å². The summed E-state index contributed by atoms with van der Waals surface area (Å²) in [6.07, 6.45) is -3.85. The molecule has 0 saturated carbocycles. The number of ether oxygens (including phenoxy) is 1. The molecular weight excluding hydrogens is 428 g/mol. The topological polar surface area (TPSA) is 59.5 Å². The van der Waals surface area contributed by atoms with E-state index >= 15 is 0 Å². The van der Waals surface area contributed by atoms with E-state index in [1.165, 1.54) is 18.2 Å². The highest BCUT2D eigenvalue weighted by Crippen LogP contribution is 2.32. The second-order valence-electron chi connectivity index (χ2n) is 5.85. The maximum atomic E-state index is 12.8. The van der Waals surface area contributed by atoms with Crippen molar-refractivity contribution < 1.29 is 26.3 Å². The smallest absolute Gasteiger partial charge is 0.416 e. The summed E-state index contributed by atoms with van der Waals surface area (Å²) in [6.45, 7) is 0.0951. The number of pyridine rings is 1. The van der Waals surface area contributed by atoms with Crippen molar-refractivity contribution in [1.82, 2.24) is 9.29 Å². The number of halogens is 5. The van der Waals surface area contributed by atoms with E-state index in [9.17, 15) is 21.6 Å². The Bertz CT molecular complexity index is 954. The summed E-state index contributed by atoms with van der Waals surface area (Å²) in [7, 11) is -3.91. The predicted octanol–water partition coefficient (Wildman–Crippen LogP) is 4.25. The van der Waals surface area contributed by atoms with Gasteiger partial charge in [0.25, 0.3) is 0 Å². The van der Waals surface area contributed by atoms with E-state index in [4.69, 9.17) is 27.9 Å². The van der Waals surface area contributed by atoms with Crippen LogP contribution in [0.15, 0.2) is 41.4 Å². The molecule has 0 aliphatic carbocycles. The van der Waals surface area contributed by atoms with Crippen molar-refractivity contribution in [3.05, 3.63) is 52.1 Å². The Balaban J connectivity index is 1.75. The van der Waals surface area contributed by atoms with Gasteiger partial charge < -0.3 is 4.74 Å².